The summed E-state index contributed by atoms with van der Waals surface area (Å²) in [5, 5.41) is 3.19. The molecule has 1 unspecified atom stereocenters. The van der Waals surface area contributed by atoms with E-state index < -0.39 is 0 Å². The van der Waals surface area contributed by atoms with Crippen molar-refractivity contribution in [3.63, 3.8) is 0 Å². The Morgan fingerprint density at radius 1 is 1.00 bits per heavy atom. The van der Waals surface area contributed by atoms with Crippen molar-refractivity contribution in [3.8, 4) is 0 Å². The van der Waals surface area contributed by atoms with Gasteiger partial charge in [0.25, 0.3) is 0 Å². The van der Waals surface area contributed by atoms with Crippen LogP contribution >= 0.6 is 0 Å². The number of rotatable bonds is 8. The van der Waals surface area contributed by atoms with E-state index in [2.05, 4.69) is 69.7 Å². The fourth-order valence-corrected chi connectivity index (χ4v) is 3.94. The Balaban J connectivity index is 1.23. The molecule has 2 aromatic carbocycles. The number of nitrogens with zero attached hydrogens (tertiary/aromatic N) is 2. The highest BCUT2D eigenvalue weighted by Gasteiger charge is 2.30. The lowest BCUT2D eigenvalue weighted by molar-refractivity contribution is -0.122. The summed E-state index contributed by atoms with van der Waals surface area (Å²) < 4.78 is 0. The van der Waals surface area contributed by atoms with Crippen LogP contribution in [0.15, 0.2) is 60.7 Å². The first-order chi connectivity index (χ1) is 13.3. The van der Waals surface area contributed by atoms with Crippen LogP contribution in [0.3, 0.4) is 0 Å². The molecule has 0 aromatic heterocycles. The monoisotopic (exact) mass is 363 g/mol. The predicted molar refractivity (Wildman–Crippen MR) is 110 cm³/mol. The maximum atomic E-state index is 12.5. The minimum absolute atomic E-state index is 0.163. The molecule has 2 aromatic rings. The van der Waals surface area contributed by atoms with Gasteiger partial charge in [0.05, 0.1) is 6.54 Å². The van der Waals surface area contributed by atoms with Gasteiger partial charge >= 0.3 is 0 Å². The summed E-state index contributed by atoms with van der Waals surface area (Å²) in [6, 6.07) is 21.6. The molecule has 2 fully saturated rings. The molecule has 27 heavy (non-hydrogen) atoms. The van der Waals surface area contributed by atoms with E-state index in [1.807, 2.05) is 6.07 Å². The number of para-hydroxylation sites is 1. The Morgan fingerprint density at radius 2 is 1.70 bits per heavy atom. The molecule has 1 heterocycles. The number of carbonyl (C=O) groups excluding carboxylic acids is 1. The molecule has 4 rings (SSSR count). The number of nitrogens with one attached hydrogen (secondary N) is 1. The second-order valence-electron chi connectivity index (χ2n) is 7.86. The van der Waals surface area contributed by atoms with Gasteiger partial charge in [0.2, 0.25) is 5.91 Å². The van der Waals surface area contributed by atoms with E-state index >= 15 is 0 Å². The summed E-state index contributed by atoms with van der Waals surface area (Å²) in [5.41, 5.74) is 2.57. The third-order valence-electron chi connectivity index (χ3n) is 5.63. The van der Waals surface area contributed by atoms with Crippen molar-refractivity contribution >= 4 is 11.6 Å². The zero-order chi connectivity index (χ0) is 18.5. The second-order valence-corrected chi connectivity index (χ2v) is 7.86. The lowest BCUT2D eigenvalue weighted by Gasteiger charge is -2.22. The van der Waals surface area contributed by atoms with Gasteiger partial charge < -0.3 is 10.2 Å². The van der Waals surface area contributed by atoms with Gasteiger partial charge in [-0.1, -0.05) is 48.5 Å². The van der Waals surface area contributed by atoms with Crippen molar-refractivity contribution in [2.24, 2.45) is 5.92 Å². The van der Waals surface area contributed by atoms with Crippen LogP contribution in [-0.2, 0) is 11.3 Å². The van der Waals surface area contributed by atoms with Gasteiger partial charge in [-0.2, -0.15) is 0 Å². The highest BCUT2D eigenvalue weighted by molar-refractivity contribution is 5.78. The van der Waals surface area contributed by atoms with Crippen molar-refractivity contribution < 1.29 is 4.79 Å². The number of amides is 1. The summed E-state index contributed by atoms with van der Waals surface area (Å²) in [5.74, 6) is 0.702. The van der Waals surface area contributed by atoms with Crippen LogP contribution in [0.4, 0.5) is 5.69 Å². The first kappa shape index (κ1) is 18.1. The van der Waals surface area contributed by atoms with Crippen LogP contribution in [-0.4, -0.2) is 43.0 Å². The number of hydrogen-bond acceptors (Lipinski definition) is 3. The number of carbonyl (C=O) groups is 1. The van der Waals surface area contributed by atoms with E-state index in [1.165, 1.54) is 24.1 Å². The van der Waals surface area contributed by atoms with Gasteiger partial charge in [-0.05, 0) is 42.9 Å². The second kappa shape index (κ2) is 8.57. The van der Waals surface area contributed by atoms with Gasteiger partial charge in [0, 0.05) is 37.9 Å². The van der Waals surface area contributed by atoms with Gasteiger partial charge in [0.15, 0.2) is 0 Å². The summed E-state index contributed by atoms with van der Waals surface area (Å²) in [4.78, 5) is 17.3. The van der Waals surface area contributed by atoms with Crippen LogP contribution in [0.2, 0.25) is 0 Å². The van der Waals surface area contributed by atoms with Gasteiger partial charge in [-0.15, -0.1) is 0 Å². The van der Waals surface area contributed by atoms with Gasteiger partial charge in [0.1, 0.15) is 0 Å². The molecule has 1 atom stereocenters. The van der Waals surface area contributed by atoms with E-state index in [4.69, 9.17) is 0 Å². The molecule has 1 saturated carbocycles. The van der Waals surface area contributed by atoms with Crippen LogP contribution in [0, 0.1) is 5.92 Å². The highest BCUT2D eigenvalue weighted by Crippen LogP contribution is 2.28. The zero-order valence-electron chi connectivity index (χ0n) is 15.9. The summed E-state index contributed by atoms with van der Waals surface area (Å²) in [6.07, 6.45) is 3.58. The normalized spacial score (nSPS) is 19.4. The average Bonchev–Trinajstić information content (AvgIpc) is 3.45. The van der Waals surface area contributed by atoms with E-state index in [0.29, 0.717) is 18.5 Å². The van der Waals surface area contributed by atoms with E-state index in [0.717, 1.165) is 32.6 Å². The molecule has 1 aliphatic carbocycles. The molecule has 1 amide bonds. The molecule has 0 bridgehead atoms. The highest BCUT2D eigenvalue weighted by atomic mass is 16.2. The molecule has 142 valence electrons. The van der Waals surface area contributed by atoms with Crippen molar-refractivity contribution in [2.45, 2.75) is 31.8 Å². The molecule has 0 radical (unpaired) electrons. The predicted octanol–water partition coefficient (Wildman–Crippen LogP) is 3.29. The number of benzene rings is 2. The SMILES string of the molecule is O=C(CN(Cc1ccccc1)C1CC1)NCC1CCN(c2ccccc2)C1. The zero-order valence-corrected chi connectivity index (χ0v) is 15.9. The molecule has 1 aliphatic heterocycles. The average molecular weight is 364 g/mol. The van der Waals surface area contributed by atoms with E-state index in [9.17, 15) is 4.79 Å². The van der Waals surface area contributed by atoms with Crippen molar-refractivity contribution in [1.82, 2.24) is 10.2 Å². The van der Waals surface area contributed by atoms with Crippen LogP contribution in [0.25, 0.3) is 0 Å². The fourth-order valence-electron chi connectivity index (χ4n) is 3.94. The molecule has 4 heteroatoms. The van der Waals surface area contributed by atoms with Gasteiger partial charge in [-0.3, -0.25) is 9.69 Å². The Labute approximate surface area is 162 Å². The molecule has 1 N–H and O–H groups in total. The van der Waals surface area contributed by atoms with Crippen molar-refractivity contribution in [3.05, 3.63) is 66.2 Å². The van der Waals surface area contributed by atoms with Crippen LogP contribution < -0.4 is 10.2 Å². The van der Waals surface area contributed by atoms with Crippen LogP contribution in [0.1, 0.15) is 24.8 Å². The number of hydrogen-bond donors (Lipinski definition) is 1. The molecule has 2 aliphatic rings. The lowest BCUT2D eigenvalue weighted by atomic mass is 10.1. The third kappa shape index (κ3) is 5.10. The smallest absolute Gasteiger partial charge is 0.234 e. The van der Waals surface area contributed by atoms with Crippen molar-refractivity contribution in [1.29, 1.82) is 0 Å². The Morgan fingerprint density at radius 3 is 2.41 bits per heavy atom. The molecule has 0 spiro atoms. The Hall–Kier alpha value is -2.33. The minimum atomic E-state index is 0.163. The largest absolute Gasteiger partial charge is 0.371 e. The Bertz CT molecular complexity index is 730. The molecular weight excluding hydrogens is 334 g/mol. The van der Waals surface area contributed by atoms with E-state index in [1.54, 1.807) is 0 Å². The van der Waals surface area contributed by atoms with Gasteiger partial charge in [-0.25, -0.2) is 0 Å². The quantitative estimate of drug-likeness (QED) is 0.782. The fraction of sp³-hybridized carbons (Fsp3) is 0.435. The van der Waals surface area contributed by atoms with Crippen LogP contribution in [0.5, 0.6) is 0 Å². The first-order valence-electron chi connectivity index (χ1n) is 10.1. The lowest BCUT2D eigenvalue weighted by Crippen LogP contribution is -2.40. The van der Waals surface area contributed by atoms with Crippen molar-refractivity contribution in [2.75, 3.05) is 31.1 Å². The summed E-state index contributed by atoms with van der Waals surface area (Å²) in [7, 11) is 0. The topological polar surface area (TPSA) is 35.6 Å². The maximum absolute atomic E-state index is 12.5. The first-order valence-corrected chi connectivity index (χ1v) is 10.1. The molecular formula is C23H29N3O. The maximum Gasteiger partial charge on any atom is 0.234 e. The minimum Gasteiger partial charge on any atom is -0.371 e. The Kier molecular flexibility index (Phi) is 5.73. The summed E-state index contributed by atoms with van der Waals surface area (Å²) >= 11 is 0. The summed E-state index contributed by atoms with van der Waals surface area (Å²) in [6.45, 7) is 4.26. The standard InChI is InChI=1S/C23H29N3O/c27-23(18-26(22-11-12-22)16-19-7-3-1-4-8-19)24-15-20-13-14-25(17-20)21-9-5-2-6-10-21/h1-10,20,22H,11-18H2,(H,24,27). The van der Waals surface area contributed by atoms with E-state index in [-0.39, 0.29) is 5.91 Å². The molecule has 4 nitrogen and oxygen atoms in total. The molecule has 1 saturated heterocycles. The number of anilines is 1. The third-order valence-corrected chi connectivity index (χ3v) is 5.63.